The predicted molar refractivity (Wildman–Crippen MR) is 120 cm³/mol. The Bertz CT molecular complexity index is 1220. The number of benzene rings is 1. The number of rotatable bonds is 4. The first-order valence-corrected chi connectivity index (χ1v) is 10.6. The molecule has 4 heterocycles. The third-order valence-corrected chi connectivity index (χ3v) is 6.05. The zero-order valence-electron chi connectivity index (χ0n) is 17.7. The fourth-order valence-corrected chi connectivity index (χ4v) is 4.36. The van der Waals surface area contributed by atoms with Crippen LogP contribution < -0.4 is 10.2 Å². The van der Waals surface area contributed by atoms with E-state index in [9.17, 15) is 9.90 Å². The van der Waals surface area contributed by atoms with Gasteiger partial charge in [0.15, 0.2) is 0 Å². The normalized spacial score (nSPS) is 20.9. The summed E-state index contributed by atoms with van der Waals surface area (Å²) in [4.78, 5) is 28.4. The number of aromatic nitrogens is 4. The molecule has 1 aliphatic heterocycles. The van der Waals surface area contributed by atoms with Gasteiger partial charge < -0.3 is 19.7 Å². The minimum Gasteiger partial charge on any atom is -0.388 e. The number of nitrogens with zero attached hydrogens (tertiary/aromatic N) is 5. The maximum atomic E-state index is 13.3. The number of hydrogen-bond donors (Lipinski definition) is 2. The van der Waals surface area contributed by atoms with Gasteiger partial charge in [0.25, 0.3) is 5.91 Å². The van der Waals surface area contributed by atoms with Gasteiger partial charge in [0.1, 0.15) is 23.0 Å². The van der Waals surface area contributed by atoms with Crippen molar-refractivity contribution in [3.8, 4) is 0 Å². The molecule has 2 N–H and O–H groups in total. The van der Waals surface area contributed by atoms with Crippen molar-refractivity contribution >= 4 is 17.4 Å². The summed E-state index contributed by atoms with van der Waals surface area (Å²) in [6.45, 7) is 2.79. The lowest BCUT2D eigenvalue weighted by atomic mass is 9.78. The number of aliphatic hydroxyl groups is 1. The van der Waals surface area contributed by atoms with Gasteiger partial charge in [-0.15, -0.1) is 0 Å². The molecule has 2 atom stereocenters. The van der Waals surface area contributed by atoms with Crippen LogP contribution in [0.25, 0.3) is 5.65 Å². The number of carbonyl (C=O) groups is 1. The summed E-state index contributed by atoms with van der Waals surface area (Å²) >= 11 is 0. The van der Waals surface area contributed by atoms with Crippen LogP contribution in [0, 0.1) is 6.92 Å². The van der Waals surface area contributed by atoms with E-state index < -0.39 is 11.6 Å². The van der Waals surface area contributed by atoms with Crippen molar-refractivity contribution in [3.05, 3.63) is 90.3 Å². The molecular formula is C24H24N6O2. The van der Waals surface area contributed by atoms with Crippen LogP contribution in [0.3, 0.4) is 0 Å². The standard InChI is InChI=1S/C24H24N6O2/c1-17-25-12-10-22(26-17)30-14-11-24(20(31)16-30,18-7-3-2-4-8-18)28-23(32)19-15-29-13-6-5-9-21(29)27-19/h2-10,12-13,15,20,31H,11,14,16H2,1H3,(H,28,32)/t20-,24+/m1/s1. The first kappa shape index (κ1) is 20.1. The molecule has 1 amide bonds. The van der Waals surface area contributed by atoms with Crippen LogP contribution in [-0.4, -0.2) is 49.6 Å². The molecule has 3 aromatic heterocycles. The first-order chi connectivity index (χ1) is 15.5. The van der Waals surface area contributed by atoms with Crippen molar-refractivity contribution in [3.63, 3.8) is 0 Å². The molecule has 1 fully saturated rings. The van der Waals surface area contributed by atoms with Crippen molar-refractivity contribution < 1.29 is 9.90 Å². The molecule has 1 aromatic carbocycles. The highest BCUT2D eigenvalue weighted by Gasteiger charge is 2.45. The fourth-order valence-electron chi connectivity index (χ4n) is 4.36. The smallest absolute Gasteiger partial charge is 0.272 e. The quantitative estimate of drug-likeness (QED) is 0.518. The van der Waals surface area contributed by atoms with Crippen molar-refractivity contribution in [2.45, 2.75) is 25.0 Å². The lowest BCUT2D eigenvalue weighted by Gasteiger charge is -2.46. The van der Waals surface area contributed by atoms with Gasteiger partial charge >= 0.3 is 0 Å². The van der Waals surface area contributed by atoms with Crippen LogP contribution in [0.1, 0.15) is 28.3 Å². The Balaban J connectivity index is 1.46. The van der Waals surface area contributed by atoms with E-state index in [0.29, 0.717) is 36.7 Å². The summed E-state index contributed by atoms with van der Waals surface area (Å²) in [6, 6.07) is 17.1. The number of nitrogens with one attached hydrogen (secondary N) is 1. The Morgan fingerprint density at radius 2 is 1.94 bits per heavy atom. The van der Waals surface area contributed by atoms with Gasteiger partial charge in [-0.2, -0.15) is 0 Å². The van der Waals surface area contributed by atoms with Gasteiger partial charge in [-0.05, 0) is 37.1 Å². The SMILES string of the molecule is Cc1nccc(N2CC[C@](NC(=O)c3cn4ccccc4n3)(c3ccccc3)[C@H](O)C2)n1. The van der Waals surface area contributed by atoms with Gasteiger partial charge in [0.2, 0.25) is 0 Å². The Labute approximate surface area is 185 Å². The molecule has 0 radical (unpaired) electrons. The van der Waals surface area contributed by atoms with Gasteiger partial charge in [-0.1, -0.05) is 36.4 Å². The van der Waals surface area contributed by atoms with Gasteiger partial charge in [-0.3, -0.25) is 4.79 Å². The van der Waals surface area contributed by atoms with Gasteiger partial charge in [-0.25, -0.2) is 15.0 Å². The molecule has 1 saturated heterocycles. The van der Waals surface area contributed by atoms with E-state index in [1.807, 2.05) is 72.6 Å². The van der Waals surface area contributed by atoms with Gasteiger partial charge in [0.05, 0.1) is 11.6 Å². The summed E-state index contributed by atoms with van der Waals surface area (Å²) < 4.78 is 1.81. The second-order valence-electron chi connectivity index (χ2n) is 8.06. The van der Waals surface area contributed by atoms with Crippen molar-refractivity contribution in [2.75, 3.05) is 18.0 Å². The minimum absolute atomic E-state index is 0.313. The molecule has 0 unspecified atom stereocenters. The van der Waals surface area contributed by atoms with Crippen molar-refractivity contribution in [1.82, 2.24) is 24.7 Å². The summed E-state index contributed by atoms with van der Waals surface area (Å²) in [7, 11) is 0. The zero-order valence-corrected chi connectivity index (χ0v) is 17.7. The third-order valence-electron chi connectivity index (χ3n) is 6.05. The van der Waals surface area contributed by atoms with Crippen molar-refractivity contribution in [1.29, 1.82) is 0 Å². The summed E-state index contributed by atoms with van der Waals surface area (Å²) in [5.41, 5.74) is 0.934. The van der Waals surface area contributed by atoms with E-state index in [1.54, 1.807) is 16.8 Å². The molecule has 5 rings (SSSR count). The number of amides is 1. The molecule has 8 nitrogen and oxygen atoms in total. The molecule has 0 bridgehead atoms. The molecular weight excluding hydrogens is 404 g/mol. The second-order valence-corrected chi connectivity index (χ2v) is 8.06. The average molecular weight is 428 g/mol. The summed E-state index contributed by atoms with van der Waals surface area (Å²) in [6.07, 6.45) is 4.93. The number of anilines is 1. The molecule has 32 heavy (non-hydrogen) atoms. The van der Waals surface area contributed by atoms with Crippen LogP contribution in [-0.2, 0) is 5.54 Å². The maximum absolute atomic E-state index is 13.3. The van der Waals surface area contributed by atoms with Crippen molar-refractivity contribution in [2.24, 2.45) is 0 Å². The fraction of sp³-hybridized carbons (Fsp3) is 0.250. The number of piperidine rings is 1. The van der Waals surface area contributed by atoms with E-state index >= 15 is 0 Å². The zero-order chi connectivity index (χ0) is 22.1. The highest BCUT2D eigenvalue weighted by Crippen LogP contribution is 2.35. The second kappa shape index (κ2) is 8.05. The Morgan fingerprint density at radius 3 is 2.69 bits per heavy atom. The summed E-state index contributed by atoms with van der Waals surface area (Å²) in [5.74, 6) is 1.13. The highest BCUT2D eigenvalue weighted by atomic mass is 16.3. The highest BCUT2D eigenvalue weighted by molar-refractivity contribution is 5.93. The molecule has 0 saturated carbocycles. The number of aliphatic hydroxyl groups excluding tert-OH is 1. The Morgan fingerprint density at radius 1 is 1.12 bits per heavy atom. The number of hydrogen-bond acceptors (Lipinski definition) is 6. The Kier molecular flexibility index (Phi) is 5.07. The van der Waals surface area contributed by atoms with E-state index in [-0.39, 0.29) is 5.91 Å². The molecule has 162 valence electrons. The van der Waals surface area contributed by atoms with Crippen LogP contribution in [0.4, 0.5) is 5.82 Å². The summed E-state index contributed by atoms with van der Waals surface area (Å²) in [5, 5.41) is 14.5. The number of carbonyl (C=O) groups excluding carboxylic acids is 1. The topological polar surface area (TPSA) is 95.7 Å². The largest absolute Gasteiger partial charge is 0.388 e. The van der Waals surface area contributed by atoms with E-state index in [4.69, 9.17) is 0 Å². The van der Waals surface area contributed by atoms with E-state index in [1.165, 1.54) is 0 Å². The average Bonchev–Trinajstić information content (AvgIpc) is 3.26. The third kappa shape index (κ3) is 3.58. The first-order valence-electron chi connectivity index (χ1n) is 10.6. The van der Waals surface area contributed by atoms with Crippen LogP contribution in [0.2, 0.25) is 0 Å². The predicted octanol–water partition coefficient (Wildman–Crippen LogP) is 2.33. The molecule has 8 heteroatoms. The number of β-amino-alcohol motifs (C(OH)–C–C–N with tert-alkyl or cyclic N) is 1. The van der Waals surface area contributed by atoms with Gasteiger partial charge in [0, 0.05) is 31.7 Å². The molecule has 1 aliphatic rings. The van der Waals surface area contributed by atoms with E-state index in [0.717, 1.165) is 11.4 Å². The maximum Gasteiger partial charge on any atom is 0.272 e. The van der Waals surface area contributed by atoms with Crippen LogP contribution in [0.5, 0.6) is 0 Å². The lowest BCUT2D eigenvalue weighted by Crippen LogP contribution is -2.62. The Hall–Kier alpha value is -3.78. The molecule has 0 spiro atoms. The minimum atomic E-state index is -0.938. The number of aryl methyl sites for hydroxylation is 1. The number of imidazole rings is 1. The van der Waals surface area contributed by atoms with E-state index in [2.05, 4.69) is 20.3 Å². The van der Waals surface area contributed by atoms with Crippen LogP contribution >= 0.6 is 0 Å². The monoisotopic (exact) mass is 428 g/mol. The number of pyridine rings is 1. The van der Waals surface area contributed by atoms with Crippen LogP contribution in [0.15, 0.2) is 73.2 Å². The molecule has 4 aromatic rings. The lowest BCUT2D eigenvalue weighted by molar-refractivity contribution is 0.0362. The molecule has 0 aliphatic carbocycles. The number of fused-ring (bicyclic) bond motifs is 1.